The number of halogens is 3. The highest BCUT2D eigenvalue weighted by molar-refractivity contribution is 5.53. The summed E-state index contributed by atoms with van der Waals surface area (Å²) in [7, 11) is 0. The maximum absolute atomic E-state index is 13.9. The number of para-hydroxylation sites is 1. The summed E-state index contributed by atoms with van der Waals surface area (Å²) in [4.78, 5) is 0. The van der Waals surface area contributed by atoms with Crippen LogP contribution in [0.3, 0.4) is 0 Å². The van der Waals surface area contributed by atoms with Crippen molar-refractivity contribution in [2.24, 2.45) is 0 Å². The minimum atomic E-state index is -0.541. The molecule has 0 saturated carbocycles. The Morgan fingerprint density at radius 3 is 2.25 bits per heavy atom. The lowest BCUT2D eigenvalue weighted by molar-refractivity contribution is 0.569. The first-order valence-corrected chi connectivity index (χ1v) is 6.37. The lowest BCUT2D eigenvalue weighted by Crippen LogP contribution is -2.11. The summed E-state index contributed by atoms with van der Waals surface area (Å²) in [5, 5.41) is 2.90. The Morgan fingerprint density at radius 2 is 1.60 bits per heavy atom. The van der Waals surface area contributed by atoms with Crippen LogP contribution in [0, 0.1) is 31.3 Å². The Hall–Kier alpha value is -1.97. The molecule has 0 fully saturated rings. The molecule has 0 aliphatic carbocycles. The molecule has 20 heavy (non-hydrogen) atoms. The maximum atomic E-state index is 13.9. The summed E-state index contributed by atoms with van der Waals surface area (Å²) in [6, 6.07) is 6.45. The second-order valence-electron chi connectivity index (χ2n) is 4.92. The average molecular weight is 279 g/mol. The van der Waals surface area contributed by atoms with Gasteiger partial charge in [0.2, 0.25) is 0 Å². The van der Waals surface area contributed by atoms with Gasteiger partial charge < -0.3 is 5.32 Å². The third-order valence-electron chi connectivity index (χ3n) is 3.33. The number of hydrogen-bond donors (Lipinski definition) is 1. The van der Waals surface area contributed by atoms with Crippen LogP contribution in [-0.4, -0.2) is 0 Å². The third-order valence-corrected chi connectivity index (χ3v) is 3.33. The molecule has 2 rings (SSSR count). The quantitative estimate of drug-likeness (QED) is 0.843. The molecule has 0 radical (unpaired) electrons. The fourth-order valence-corrected chi connectivity index (χ4v) is 2.10. The minimum absolute atomic E-state index is 0.177. The second-order valence-corrected chi connectivity index (χ2v) is 4.92. The molecule has 2 aromatic rings. The Morgan fingerprint density at radius 1 is 0.900 bits per heavy atom. The van der Waals surface area contributed by atoms with Crippen LogP contribution in [0.15, 0.2) is 30.3 Å². The summed E-state index contributed by atoms with van der Waals surface area (Å²) in [5.41, 5.74) is 1.45. The molecule has 1 atom stereocenters. The Balaban J connectivity index is 2.33. The lowest BCUT2D eigenvalue weighted by atomic mass is 10.0. The van der Waals surface area contributed by atoms with Gasteiger partial charge in [-0.3, -0.25) is 0 Å². The van der Waals surface area contributed by atoms with Gasteiger partial charge in [-0.25, -0.2) is 13.2 Å². The zero-order chi connectivity index (χ0) is 14.9. The van der Waals surface area contributed by atoms with Crippen LogP contribution in [-0.2, 0) is 0 Å². The van der Waals surface area contributed by atoms with Gasteiger partial charge >= 0.3 is 0 Å². The van der Waals surface area contributed by atoms with E-state index in [1.54, 1.807) is 26.0 Å². The highest BCUT2D eigenvalue weighted by atomic mass is 19.1. The van der Waals surface area contributed by atoms with Gasteiger partial charge in [-0.1, -0.05) is 12.1 Å². The molecule has 0 heterocycles. The molecule has 0 spiro atoms. The fraction of sp³-hybridized carbons (Fsp3) is 0.250. The van der Waals surface area contributed by atoms with Crippen LogP contribution in [0.25, 0.3) is 0 Å². The summed E-state index contributed by atoms with van der Waals surface area (Å²) in [6.07, 6.45) is 0. The van der Waals surface area contributed by atoms with E-state index in [1.165, 1.54) is 13.0 Å². The van der Waals surface area contributed by atoms with Crippen LogP contribution in [0.4, 0.5) is 18.9 Å². The predicted molar refractivity (Wildman–Crippen MR) is 74.3 cm³/mol. The number of benzene rings is 2. The molecule has 0 aliphatic heterocycles. The smallest absolute Gasteiger partial charge is 0.146 e. The second kappa shape index (κ2) is 5.57. The van der Waals surface area contributed by atoms with E-state index >= 15 is 0 Å². The van der Waals surface area contributed by atoms with E-state index in [1.807, 2.05) is 0 Å². The zero-order valence-electron chi connectivity index (χ0n) is 11.6. The average Bonchev–Trinajstić information content (AvgIpc) is 2.38. The number of hydrogen-bond acceptors (Lipinski definition) is 1. The van der Waals surface area contributed by atoms with Gasteiger partial charge in [-0.15, -0.1) is 0 Å². The molecule has 0 amide bonds. The maximum Gasteiger partial charge on any atom is 0.146 e. The van der Waals surface area contributed by atoms with Crippen molar-refractivity contribution < 1.29 is 13.2 Å². The minimum Gasteiger partial charge on any atom is -0.376 e. The highest BCUT2D eigenvalue weighted by Gasteiger charge is 2.16. The summed E-state index contributed by atoms with van der Waals surface area (Å²) < 4.78 is 41.2. The first-order valence-electron chi connectivity index (χ1n) is 6.37. The fourth-order valence-electron chi connectivity index (χ4n) is 2.10. The van der Waals surface area contributed by atoms with Crippen molar-refractivity contribution in [3.05, 3.63) is 64.5 Å². The largest absolute Gasteiger partial charge is 0.376 e. The van der Waals surface area contributed by atoms with Crippen LogP contribution >= 0.6 is 0 Å². The molecule has 106 valence electrons. The SMILES string of the molecule is Cc1cc(F)c(C(C)Nc2c(C)cccc2F)cc1F. The molecule has 0 aliphatic rings. The molecule has 1 unspecified atom stereocenters. The van der Waals surface area contributed by atoms with Crippen LogP contribution < -0.4 is 5.32 Å². The molecule has 0 bridgehead atoms. The van der Waals surface area contributed by atoms with Crippen molar-refractivity contribution in [1.82, 2.24) is 0 Å². The third kappa shape index (κ3) is 2.79. The standard InChI is InChI=1S/C16H16F3N/c1-9-5-4-6-13(17)16(9)20-11(3)12-8-14(18)10(2)7-15(12)19/h4-8,11,20H,1-3H3. The number of nitrogens with one attached hydrogen (secondary N) is 1. The van der Waals surface area contributed by atoms with Gasteiger partial charge in [-0.05, 0) is 50.1 Å². The molecular weight excluding hydrogens is 263 g/mol. The topological polar surface area (TPSA) is 12.0 Å². The summed E-state index contributed by atoms with van der Waals surface area (Å²) in [5.74, 6) is -1.39. The molecular formula is C16H16F3N. The van der Waals surface area contributed by atoms with E-state index < -0.39 is 23.5 Å². The van der Waals surface area contributed by atoms with E-state index in [9.17, 15) is 13.2 Å². The van der Waals surface area contributed by atoms with Crippen molar-refractivity contribution in [3.63, 3.8) is 0 Å². The molecule has 1 nitrogen and oxygen atoms in total. The van der Waals surface area contributed by atoms with E-state index in [0.29, 0.717) is 11.3 Å². The highest BCUT2D eigenvalue weighted by Crippen LogP contribution is 2.27. The normalized spacial score (nSPS) is 12.3. The van der Waals surface area contributed by atoms with Crippen molar-refractivity contribution in [1.29, 1.82) is 0 Å². The molecule has 4 heteroatoms. The van der Waals surface area contributed by atoms with Crippen molar-refractivity contribution in [3.8, 4) is 0 Å². The van der Waals surface area contributed by atoms with E-state index in [0.717, 1.165) is 12.1 Å². The van der Waals surface area contributed by atoms with Gasteiger partial charge in [-0.2, -0.15) is 0 Å². The first-order chi connectivity index (χ1) is 9.40. The van der Waals surface area contributed by atoms with Crippen molar-refractivity contribution >= 4 is 5.69 Å². The molecule has 0 aromatic heterocycles. The van der Waals surface area contributed by atoms with E-state index in [2.05, 4.69) is 5.32 Å². The predicted octanol–water partition coefficient (Wildman–Crippen LogP) is 4.89. The lowest BCUT2D eigenvalue weighted by Gasteiger charge is -2.19. The van der Waals surface area contributed by atoms with Crippen molar-refractivity contribution in [2.75, 3.05) is 5.32 Å². The Bertz CT molecular complexity index is 618. The van der Waals surface area contributed by atoms with Crippen LogP contribution in [0.1, 0.15) is 29.7 Å². The van der Waals surface area contributed by atoms with E-state index in [-0.39, 0.29) is 11.1 Å². The molecule has 0 saturated heterocycles. The van der Waals surface area contributed by atoms with Gasteiger partial charge in [0.25, 0.3) is 0 Å². The van der Waals surface area contributed by atoms with Gasteiger partial charge in [0.1, 0.15) is 17.5 Å². The Kier molecular flexibility index (Phi) is 4.02. The van der Waals surface area contributed by atoms with Crippen LogP contribution in [0.2, 0.25) is 0 Å². The summed E-state index contributed by atoms with van der Waals surface area (Å²) >= 11 is 0. The molecule has 2 aromatic carbocycles. The van der Waals surface area contributed by atoms with Gasteiger partial charge in [0.05, 0.1) is 11.7 Å². The van der Waals surface area contributed by atoms with Crippen LogP contribution in [0.5, 0.6) is 0 Å². The number of aryl methyl sites for hydroxylation is 2. The monoisotopic (exact) mass is 279 g/mol. The van der Waals surface area contributed by atoms with E-state index in [4.69, 9.17) is 0 Å². The Labute approximate surface area is 116 Å². The first kappa shape index (κ1) is 14.4. The zero-order valence-corrected chi connectivity index (χ0v) is 11.6. The van der Waals surface area contributed by atoms with Gasteiger partial charge in [0, 0.05) is 5.56 Å². The molecule has 1 N–H and O–H groups in total. The van der Waals surface area contributed by atoms with Gasteiger partial charge in [0.15, 0.2) is 0 Å². The summed E-state index contributed by atoms with van der Waals surface area (Å²) in [6.45, 7) is 4.92. The van der Waals surface area contributed by atoms with Crippen molar-refractivity contribution in [2.45, 2.75) is 26.8 Å². The number of rotatable bonds is 3. The number of anilines is 1.